The Morgan fingerprint density at radius 3 is 2.72 bits per heavy atom. The number of aromatic nitrogens is 4. The fourth-order valence-corrected chi connectivity index (χ4v) is 7.54. The smallest absolute Gasteiger partial charge is 0.382 e. The molecule has 0 aromatic carbocycles. The number of amidine groups is 1. The van der Waals surface area contributed by atoms with Crippen molar-refractivity contribution < 1.29 is 54.5 Å². The maximum absolute atomic E-state index is 15.9. The maximum Gasteiger partial charge on any atom is 0.472 e. The monoisotopic (exact) mass is 689 g/mol. The Hall–Kier alpha value is -3.58. The van der Waals surface area contributed by atoms with E-state index in [2.05, 4.69) is 34.7 Å². The normalized spacial score (nSPS) is 39.2. The lowest BCUT2D eigenvalue weighted by Crippen LogP contribution is -2.51. The first-order valence-electron chi connectivity index (χ1n) is 13.4. The number of guanidine groups is 1. The average molecular weight is 690 g/mol. The Labute approximate surface area is 257 Å². The van der Waals surface area contributed by atoms with E-state index >= 15 is 4.39 Å². The predicted octanol–water partition coefficient (Wildman–Crippen LogP) is -2.91. The van der Waals surface area contributed by atoms with Gasteiger partial charge in [0, 0.05) is 13.7 Å². The number of rotatable bonds is 3. The number of fused-ring (bicyclic) bond motifs is 4. The number of ether oxygens (including phenoxy) is 3. The van der Waals surface area contributed by atoms with E-state index in [-0.39, 0.29) is 28.8 Å². The summed E-state index contributed by atoms with van der Waals surface area (Å²) in [5.74, 6) is -0.996. The SMILES string of the molecule is CO[C@@H]1[C@@H]2OS(=O)(=O)NC[C@H]3O[C@@H](n4cnc5c(N)ncnc54)[C@H](F)[C@@H]3OP(=O)(O)OC[C@H]2O[C@H]1N1C=NC2C(=O)N=C(N)N=C21. The summed E-state index contributed by atoms with van der Waals surface area (Å²) in [7, 11) is -8.53. The van der Waals surface area contributed by atoms with Crippen LogP contribution in [0.3, 0.4) is 0 Å². The van der Waals surface area contributed by atoms with Gasteiger partial charge < -0.3 is 30.6 Å². The van der Waals surface area contributed by atoms with Crippen LogP contribution in [0.5, 0.6) is 0 Å². The van der Waals surface area contributed by atoms with Gasteiger partial charge in [-0.2, -0.15) is 23.1 Å². The average Bonchev–Trinajstić information content (AvgIpc) is 3.75. The molecule has 0 radical (unpaired) electrons. The lowest BCUT2D eigenvalue weighted by molar-refractivity contribution is -0.117. The summed E-state index contributed by atoms with van der Waals surface area (Å²) in [6.45, 7) is -1.47. The van der Waals surface area contributed by atoms with E-state index in [1.807, 2.05) is 0 Å². The van der Waals surface area contributed by atoms with Gasteiger partial charge in [0.25, 0.3) is 5.91 Å². The van der Waals surface area contributed by atoms with Gasteiger partial charge in [0.2, 0.25) is 5.96 Å². The summed E-state index contributed by atoms with van der Waals surface area (Å²) in [6.07, 6.45) is -8.90. The van der Waals surface area contributed by atoms with Crippen LogP contribution in [0, 0.1) is 0 Å². The molecule has 0 bridgehead atoms. The molecular formula is C21H25FN11O11PS. The molecule has 3 fully saturated rings. The summed E-state index contributed by atoms with van der Waals surface area (Å²) in [6, 6.07) is -1.13. The first kappa shape index (κ1) is 31.0. The van der Waals surface area contributed by atoms with E-state index in [1.165, 1.54) is 24.7 Å². The second kappa shape index (κ2) is 11.3. The fourth-order valence-electron chi connectivity index (χ4n) is 5.62. The zero-order valence-corrected chi connectivity index (χ0v) is 25.0. The molecule has 5 aliphatic heterocycles. The van der Waals surface area contributed by atoms with Crippen molar-refractivity contribution in [2.24, 2.45) is 20.7 Å². The zero-order valence-electron chi connectivity index (χ0n) is 23.3. The van der Waals surface area contributed by atoms with Crippen LogP contribution in [0.2, 0.25) is 0 Å². The Balaban J connectivity index is 1.16. The van der Waals surface area contributed by atoms with Gasteiger partial charge in [0.1, 0.15) is 42.4 Å². The number of phosphoric acid groups is 1. The third kappa shape index (κ3) is 5.34. The van der Waals surface area contributed by atoms with Crippen LogP contribution in [-0.4, -0.2) is 131 Å². The highest BCUT2D eigenvalue weighted by Gasteiger charge is 2.56. The number of phosphoric ester groups is 1. The third-order valence-corrected chi connectivity index (χ3v) is 9.63. The van der Waals surface area contributed by atoms with Crippen molar-refractivity contribution >= 4 is 59.1 Å². The fraction of sp³-hybridized carbons (Fsp3) is 0.571. The van der Waals surface area contributed by atoms with E-state index in [0.29, 0.717) is 0 Å². The number of methoxy groups -OCH3 is 1. The lowest BCUT2D eigenvalue weighted by atomic mass is 10.1. The van der Waals surface area contributed by atoms with Crippen molar-refractivity contribution in [3.05, 3.63) is 12.7 Å². The number of amides is 1. The molecule has 25 heteroatoms. The molecule has 7 heterocycles. The summed E-state index contributed by atoms with van der Waals surface area (Å²) in [5.41, 5.74) is 11.7. The van der Waals surface area contributed by atoms with Crippen molar-refractivity contribution in [2.45, 2.75) is 55.2 Å². The van der Waals surface area contributed by atoms with Crippen LogP contribution in [0.4, 0.5) is 10.2 Å². The van der Waals surface area contributed by atoms with Gasteiger partial charge >= 0.3 is 18.1 Å². The number of nitrogens with two attached hydrogens (primary N) is 2. The minimum absolute atomic E-state index is 0.0115. The Bertz CT molecular complexity index is 1830. The molecule has 2 aromatic rings. The number of nitrogens with one attached hydrogen (secondary N) is 1. The van der Waals surface area contributed by atoms with Gasteiger partial charge in [0.05, 0.1) is 19.3 Å². The van der Waals surface area contributed by atoms with Crippen LogP contribution < -0.4 is 16.2 Å². The summed E-state index contributed by atoms with van der Waals surface area (Å²) < 4.78 is 91.8. The molecule has 248 valence electrons. The number of carbonyl (C=O) groups excluding carboxylic acids is 1. The molecular weight excluding hydrogens is 664 g/mol. The Morgan fingerprint density at radius 2 is 1.93 bits per heavy atom. The minimum atomic E-state index is -5.08. The number of anilines is 1. The van der Waals surface area contributed by atoms with Gasteiger partial charge in [-0.3, -0.25) is 28.3 Å². The maximum atomic E-state index is 15.9. The van der Waals surface area contributed by atoms with Crippen LogP contribution in [0.1, 0.15) is 6.23 Å². The molecule has 22 nitrogen and oxygen atoms in total. The molecule has 0 saturated carbocycles. The largest absolute Gasteiger partial charge is 0.472 e. The van der Waals surface area contributed by atoms with E-state index in [4.69, 9.17) is 38.9 Å². The van der Waals surface area contributed by atoms with Crippen molar-refractivity contribution in [3.63, 3.8) is 0 Å². The number of aliphatic imine (C=N–C) groups is 3. The molecule has 1 amide bonds. The zero-order chi connectivity index (χ0) is 32.5. The van der Waals surface area contributed by atoms with Crippen molar-refractivity contribution in [3.8, 4) is 0 Å². The molecule has 5 aliphatic rings. The number of nitrogen functional groups attached to an aromatic ring is 1. The first-order chi connectivity index (χ1) is 21.9. The van der Waals surface area contributed by atoms with Crippen LogP contribution in [0.15, 0.2) is 27.6 Å². The number of alkyl halides is 1. The van der Waals surface area contributed by atoms with Crippen molar-refractivity contribution in [1.29, 1.82) is 0 Å². The van der Waals surface area contributed by atoms with Gasteiger partial charge in [0.15, 0.2) is 42.0 Å². The van der Waals surface area contributed by atoms with Crippen LogP contribution in [-0.2, 0) is 47.1 Å². The van der Waals surface area contributed by atoms with E-state index in [9.17, 15) is 22.7 Å². The van der Waals surface area contributed by atoms with Crippen molar-refractivity contribution in [1.82, 2.24) is 29.1 Å². The molecule has 10 atom stereocenters. The Morgan fingerprint density at radius 1 is 1.15 bits per heavy atom. The number of imidazole rings is 1. The first-order valence-corrected chi connectivity index (χ1v) is 16.3. The van der Waals surface area contributed by atoms with E-state index in [0.717, 1.165) is 10.9 Å². The number of carbonyl (C=O) groups is 1. The highest BCUT2D eigenvalue weighted by molar-refractivity contribution is 7.84. The second-order valence-electron chi connectivity index (χ2n) is 10.4. The second-order valence-corrected chi connectivity index (χ2v) is 13.2. The minimum Gasteiger partial charge on any atom is -0.382 e. The summed E-state index contributed by atoms with van der Waals surface area (Å²) >= 11 is 0. The van der Waals surface area contributed by atoms with Crippen LogP contribution in [0.25, 0.3) is 11.2 Å². The molecule has 6 N–H and O–H groups in total. The molecule has 2 unspecified atom stereocenters. The highest BCUT2D eigenvalue weighted by Crippen LogP contribution is 2.50. The van der Waals surface area contributed by atoms with Gasteiger partial charge in [-0.05, 0) is 0 Å². The topological polar surface area (TPSA) is 292 Å². The van der Waals surface area contributed by atoms with Crippen LogP contribution >= 0.6 is 7.82 Å². The van der Waals surface area contributed by atoms with Gasteiger partial charge in [-0.25, -0.2) is 28.1 Å². The quantitative estimate of drug-likeness (QED) is 0.235. The van der Waals surface area contributed by atoms with Gasteiger partial charge in [-0.1, -0.05) is 0 Å². The standard InChI is InChI=1S/C21H25FN11O11PS/c1-39-14-13-8(42-20(14)33-6-28-11-17(33)30-21(24)31-18(11)34)3-40-45(35,36)43-12-7(2-29-46(37,38)44-13)41-19(9(12)22)32-5-27-10-15(23)25-4-26-16(10)32/h4-9,11-14,19-20,29H,2-3H2,1H3,(H,35,36)(H2,23,25,26)(H2,24,31,34)/t7-,8-,9-,11?,12-,13-,14-,19-,20-/m1/s1. The predicted molar refractivity (Wildman–Crippen MR) is 149 cm³/mol. The molecule has 7 rings (SSSR count). The molecule has 0 spiro atoms. The molecule has 3 saturated heterocycles. The van der Waals surface area contributed by atoms with E-state index in [1.54, 1.807) is 0 Å². The number of nitrogens with zero attached hydrogens (tertiary/aromatic N) is 8. The van der Waals surface area contributed by atoms with E-state index < -0.39 is 92.4 Å². The summed E-state index contributed by atoms with van der Waals surface area (Å²) in [4.78, 5) is 47.8. The van der Waals surface area contributed by atoms with Crippen molar-refractivity contribution in [2.75, 3.05) is 26.0 Å². The third-order valence-electron chi connectivity index (χ3n) is 7.65. The lowest BCUT2D eigenvalue weighted by Gasteiger charge is -2.29. The number of hydrogen-bond donors (Lipinski definition) is 4. The van der Waals surface area contributed by atoms with Gasteiger partial charge in [-0.15, -0.1) is 0 Å². The summed E-state index contributed by atoms with van der Waals surface area (Å²) in [5, 5.41) is 0. The molecule has 0 aliphatic carbocycles. The molecule has 46 heavy (non-hydrogen) atoms. The highest BCUT2D eigenvalue weighted by atomic mass is 32.2. The number of halogens is 1. The number of hydrogen-bond acceptors (Lipinski definition) is 18. The Kier molecular flexibility index (Phi) is 7.62. The molecule has 2 aromatic heterocycles.